The Hall–Kier alpha value is -2.73. The van der Waals surface area contributed by atoms with Crippen molar-refractivity contribution in [1.82, 2.24) is 9.88 Å². The number of amides is 1. The minimum absolute atomic E-state index is 0.130. The number of furan rings is 1. The van der Waals surface area contributed by atoms with Gasteiger partial charge < -0.3 is 23.8 Å². The first kappa shape index (κ1) is 18.1. The van der Waals surface area contributed by atoms with E-state index in [-0.39, 0.29) is 5.91 Å². The summed E-state index contributed by atoms with van der Waals surface area (Å²) >= 11 is 0. The maximum absolute atomic E-state index is 12.5. The van der Waals surface area contributed by atoms with Crippen LogP contribution in [0.1, 0.15) is 22.7 Å². The molecule has 0 fully saturated rings. The van der Waals surface area contributed by atoms with Gasteiger partial charge in [0.15, 0.2) is 5.58 Å². The number of nitrogens with zero attached hydrogens (tertiary/aromatic N) is 1. The van der Waals surface area contributed by atoms with E-state index in [1.165, 1.54) is 0 Å². The molecule has 1 amide bonds. The third-order valence-electron chi connectivity index (χ3n) is 4.08. The van der Waals surface area contributed by atoms with Crippen LogP contribution in [0.15, 0.2) is 46.9 Å². The van der Waals surface area contributed by atoms with Gasteiger partial charge in [-0.05, 0) is 25.5 Å². The van der Waals surface area contributed by atoms with E-state index in [1.54, 1.807) is 13.2 Å². The third kappa shape index (κ3) is 4.26. The number of benzene rings is 1. The van der Waals surface area contributed by atoms with Gasteiger partial charge in [0.1, 0.15) is 17.2 Å². The summed E-state index contributed by atoms with van der Waals surface area (Å²) in [7, 11) is 1.61. The minimum atomic E-state index is -0.130. The number of ether oxygens (including phenoxy) is 2. The molecule has 1 N–H and O–H groups in total. The van der Waals surface area contributed by atoms with Crippen molar-refractivity contribution < 1.29 is 18.7 Å². The first-order valence-electron chi connectivity index (χ1n) is 8.73. The second-order valence-corrected chi connectivity index (χ2v) is 6.05. The van der Waals surface area contributed by atoms with Crippen molar-refractivity contribution in [3.63, 3.8) is 0 Å². The number of methoxy groups -OCH3 is 1. The van der Waals surface area contributed by atoms with Crippen molar-refractivity contribution >= 4 is 17.0 Å². The summed E-state index contributed by atoms with van der Waals surface area (Å²) < 4.78 is 18.4. The van der Waals surface area contributed by atoms with E-state index in [4.69, 9.17) is 13.9 Å². The van der Waals surface area contributed by atoms with E-state index >= 15 is 0 Å². The molecule has 0 saturated heterocycles. The van der Waals surface area contributed by atoms with Crippen molar-refractivity contribution in [1.29, 1.82) is 0 Å². The monoisotopic (exact) mass is 356 g/mol. The number of nitrogens with one attached hydrogen (secondary N) is 1. The molecule has 0 aliphatic carbocycles. The zero-order valence-electron chi connectivity index (χ0n) is 15.2. The second-order valence-electron chi connectivity index (χ2n) is 6.05. The van der Waals surface area contributed by atoms with Gasteiger partial charge >= 0.3 is 0 Å². The van der Waals surface area contributed by atoms with Crippen LogP contribution in [0.5, 0.6) is 5.75 Å². The lowest BCUT2D eigenvalue weighted by molar-refractivity contribution is 0.0927. The highest BCUT2D eigenvalue weighted by Crippen LogP contribution is 2.24. The maximum Gasteiger partial charge on any atom is 0.268 e. The number of rotatable bonds is 9. The van der Waals surface area contributed by atoms with Crippen molar-refractivity contribution in [2.24, 2.45) is 0 Å². The zero-order valence-corrected chi connectivity index (χ0v) is 15.2. The Kier molecular flexibility index (Phi) is 5.96. The third-order valence-corrected chi connectivity index (χ3v) is 4.08. The summed E-state index contributed by atoms with van der Waals surface area (Å²) in [5.74, 6) is 1.55. The van der Waals surface area contributed by atoms with Crippen LogP contribution in [0, 0.1) is 6.92 Å². The van der Waals surface area contributed by atoms with E-state index < -0.39 is 0 Å². The lowest BCUT2D eigenvalue weighted by Crippen LogP contribution is -2.29. The fourth-order valence-electron chi connectivity index (χ4n) is 2.88. The molecule has 0 saturated carbocycles. The van der Waals surface area contributed by atoms with E-state index in [0.717, 1.165) is 29.0 Å². The summed E-state index contributed by atoms with van der Waals surface area (Å²) in [6, 6.07) is 13.5. The Morgan fingerprint density at radius 1 is 1.19 bits per heavy atom. The van der Waals surface area contributed by atoms with E-state index in [0.29, 0.717) is 32.0 Å². The highest BCUT2D eigenvalue weighted by Gasteiger charge is 2.18. The van der Waals surface area contributed by atoms with Gasteiger partial charge in [0.05, 0.1) is 18.7 Å². The summed E-state index contributed by atoms with van der Waals surface area (Å²) in [6.07, 6.45) is 0.779. The molecular formula is C20H24N2O4. The summed E-state index contributed by atoms with van der Waals surface area (Å²) in [4.78, 5) is 12.5. The van der Waals surface area contributed by atoms with Crippen LogP contribution in [-0.2, 0) is 11.3 Å². The minimum Gasteiger partial charge on any atom is -0.494 e. The molecular weight excluding hydrogens is 332 g/mol. The van der Waals surface area contributed by atoms with Crippen LogP contribution in [-0.4, -0.2) is 37.3 Å². The first-order valence-corrected chi connectivity index (χ1v) is 8.73. The molecule has 0 atom stereocenters. The molecule has 0 aliphatic heterocycles. The molecule has 138 valence electrons. The molecule has 6 heteroatoms. The lowest BCUT2D eigenvalue weighted by Gasteiger charge is -2.11. The fraction of sp³-hybridized carbons (Fsp3) is 0.350. The SMILES string of the molecule is COCCNC(=O)c1cc2oc(C)cc2n1CCCOc1ccccc1. The molecule has 0 radical (unpaired) electrons. The van der Waals surface area contributed by atoms with Crippen LogP contribution in [0.3, 0.4) is 0 Å². The number of carbonyl (C=O) groups is 1. The van der Waals surface area contributed by atoms with Gasteiger partial charge in [0.2, 0.25) is 0 Å². The van der Waals surface area contributed by atoms with Gasteiger partial charge in [-0.15, -0.1) is 0 Å². The molecule has 26 heavy (non-hydrogen) atoms. The first-order chi connectivity index (χ1) is 12.7. The predicted molar refractivity (Wildman–Crippen MR) is 99.7 cm³/mol. The average molecular weight is 356 g/mol. The number of aromatic nitrogens is 1. The molecule has 0 unspecified atom stereocenters. The normalized spacial score (nSPS) is 11.0. The van der Waals surface area contributed by atoms with Crippen LogP contribution < -0.4 is 10.1 Å². The second kappa shape index (κ2) is 8.58. The van der Waals surface area contributed by atoms with E-state index in [2.05, 4.69) is 5.32 Å². The zero-order chi connectivity index (χ0) is 18.4. The molecule has 2 aromatic heterocycles. The maximum atomic E-state index is 12.5. The van der Waals surface area contributed by atoms with Crippen LogP contribution in [0.4, 0.5) is 0 Å². The van der Waals surface area contributed by atoms with Crippen LogP contribution >= 0.6 is 0 Å². The molecule has 0 spiro atoms. The Balaban J connectivity index is 1.68. The fourth-order valence-corrected chi connectivity index (χ4v) is 2.88. The highest BCUT2D eigenvalue weighted by atomic mass is 16.5. The Morgan fingerprint density at radius 3 is 2.77 bits per heavy atom. The molecule has 0 aliphatic rings. The Morgan fingerprint density at radius 2 is 2.00 bits per heavy atom. The molecule has 3 aromatic rings. The number of hydrogen-bond donors (Lipinski definition) is 1. The van der Waals surface area contributed by atoms with Crippen molar-refractivity contribution in [2.75, 3.05) is 26.9 Å². The predicted octanol–water partition coefficient (Wildman–Crippen LogP) is 3.39. The van der Waals surface area contributed by atoms with Gasteiger partial charge in [-0.1, -0.05) is 18.2 Å². The van der Waals surface area contributed by atoms with Crippen LogP contribution in [0.25, 0.3) is 11.1 Å². The van der Waals surface area contributed by atoms with Crippen molar-refractivity contribution in [3.8, 4) is 5.75 Å². The molecule has 0 bridgehead atoms. The quantitative estimate of drug-likeness (QED) is 0.597. The molecule has 6 nitrogen and oxygen atoms in total. The van der Waals surface area contributed by atoms with Gasteiger partial charge in [-0.2, -0.15) is 0 Å². The lowest BCUT2D eigenvalue weighted by atomic mass is 10.3. The Labute approximate surface area is 152 Å². The van der Waals surface area contributed by atoms with Crippen molar-refractivity contribution in [2.45, 2.75) is 19.9 Å². The van der Waals surface area contributed by atoms with Gasteiger partial charge in [0, 0.05) is 32.3 Å². The van der Waals surface area contributed by atoms with E-state index in [1.807, 2.05) is 47.9 Å². The summed E-state index contributed by atoms with van der Waals surface area (Å²) in [6.45, 7) is 4.10. The smallest absolute Gasteiger partial charge is 0.268 e. The average Bonchev–Trinajstić information content (AvgIpc) is 3.16. The molecule has 2 heterocycles. The van der Waals surface area contributed by atoms with Gasteiger partial charge in [-0.3, -0.25) is 4.79 Å². The van der Waals surface area contributed by atoms with Crippen LogP contribution in [0.2, 0.25) is 0 Å². The van der Waals surface area contributed by atoms with Gasteiger partial charge in [0.25, 0.3) is 5.91 Å². The number of hydrogen-bond acceptors (Lipinski definition) is 4. The molecule has 3 rings (SSSR count). The summed E-state index contributed by atoms with van der Waals surface area (Å²) in [5.41, 5.74) is 2.25. The Bertz CT molecular complexity index is 851. The topological polar surface area (TPSA) is 65.6 Å². The highest BCUT2D eigenvalue weighted by molar-refractivity contribution is 5.97. The molecule has 1 aromatic carbocycles. The number of aryl methyl sites for hydroxylation is 2. The summed E-state index contributed by atoms with van der Waals surface area (Å²) in [5, 5.41) is 2.86. The standard InChI is InChI=1S/C20H24N2O4/c1-15-13-17-19(26-15)14-18(20(23)21-9-12-24-2)22(17)10-6-11-25-16-7-4-3-5-8-16/h3-5,7-8,13-14H,6,9-12H2,1-2H3,(H,21,23). The van der Waals surface area contributed by atoms with E-state index in [9.17, 15) is 4.79 Å². The number of carbonyl (C=O) groups excluding carboxylic acids is 1. The van der Waals surface area contributed by atoms with Gasteiger partial charge in [-0.25, -0.2) is 0 Å². The number of para-hydroxylation sites is 1. The van der Waals surface area contributed by atoms with Crippen molar-refractivity contribution in [3.05, 3.63) is 53.9 Å². The number of fused-ring (bicyclic) bond motifs is 1. The largest absolute Gasteiger partial charge is 0.494 e.